The van der Waals surface area contributed by atoms with Crippen LogP contribution in [0.4, 0.5) is 10.1 Å². The number of hydrogen-bond acceptors (Lipinski definition) is 3. The van der Waals surface area contributed by atoms with Crippen molar-refractivity contribution in [1.82, 2.24) is 4.98 Å². The zero-order chi connectivity index (χ0) is 19.5. The number of aliphatic imine (C=N–C) groups is 1. The fraction of sp³-hybridized carbons (Fsp3) is 0.0455. The Morgan fingerprint density at radius 1 is 1.04 bits per heavy atom. The normalized spacial score (nSPS) is 11.4. The van der Waals surface area contributed by atoms with E-state index in [0.29, 0.717) is 39.5 Å². The molecule has 4 rings (SSSR count). The van der Waals surface area contributed by atoms with Crippen LogP contribution in [-0.2, 0) is 6.61 Å². The van der Waals surface area contributed by atoms with Gasteiger partial charge in [-0.05, 0) is 60.2 Å². The van der Waals surface area contributed by atoms with Crippen molar-refractivity contribution in [3.63, 3.8) is 0 Å². The summed E-state index contributed by atoms with van der Waals surface area (Å²) in [6, 6.07) is 19.0. The molecule has 0 aliphatic rings. The Kier molecular flexibility index (Phi) is 5.00. The van der Waals surface area contributed by atoms with Crippen LogP contribution in [-0.4, -0.2) is 16.3 Å². The smallest absolute Gasteiger partial charge is 0.198 e. The maximum Gasteiger partial charge on any atom is 0.198 e. The number of aromatic nitrogens is 1. The van der Waals surface area contributed by atoms with Crippen molar-refractivity contribution in [3.8, 4) is 11.6 Å². The molecule has 2 N–H and O–H groups in total. The second-order valence-corrected chi connectivity index (χ2v) is 6.68. The maximum absolute atomic E-state index is 13.5. The van der Waals surface area contributed by atoms with Gasteiger partial charge in [0, 0.05) is 22.1 Å². The third-order valence-electron chi connectivity index (χ3n) is 4.28. The summed E-state index contributed by atoms with van der Waals surface area (Å²) in [4.78, 5) is 7.17. The summed E-state index contributed by atoms with van der Waals surface area (Å²) in [5, 5.41) is 11.3. The van der Waals surface area contributed by atoms with E-state index in [1.807, 2.05) is 36.4 Å². The molecule has 0 saturated heterocycles. The Bertz CT molecular complexity index is 1140. The van der Waals surface area contributed by atoms with E-state index in [4.69, 9.17) is 16.3 Å². The second-order valence-electron chi connectivity index (χ2n) is 6.24. The molecule has 1 aromatic heterocycles. The molecule has 0 radical (unpaired) electrons. The van der Waals surface area contributed by atoms with Crippen LogP contribution in [0.1, 0.15) is 11.1 Å². The van der Waals surface area contributed by atoms with Crippen LogP contribution in [0.5, 0.6) is 11.6 Å². The summed E-state index contributed by atoms with van der Waals surface area (Å²) in [5.41, 5.74) is 2.79. The molecule has 0 amide bonds. The number of fused-ring (bicyclic) bond motifs is 1. The average Bonchev–Trinajstić information content (AvgIpc) is 3.01. The minimum absolute atomic E-state index is 0.0488. The summed E-state index contributed by atoms with van der Waals surface area (Å²) >= 11 is 5.87. The molecule has 0 spiro atoms. The lowest BCUT2D eigenvalue weighted by Crippen LogP contribution is -1.94. The summed E-state index contributed by atoms with van der Waals surface area (Å²) in [6.45, 7) is 0.439. The fourth-order valence-corrected chi connectivity index (χ4v) is 2.94. The molecule has 3 aromatic carbocycles. The summed E-state index contributed by atoms with van der Waals surface area (Å²) in [5.74, 6) is 0.293. The van der Waals surface area contributed by atoms with Gasteiger partial charge in [-0.2, -0.15) is 0 Å². The summed E-state index contributed by atoms with van der Waals surface area (Å²) in [7, 11) is 0. The number of benzene rings is 3. The van der Waals surface area contributed by atoms with Crippen LogP contribution in [0, 0.1) is 5.82 Å². The second kappa shape index (κ2) is 7.74. The van der Waals surface area contributed by atoms with E-state index in [9.17, 15) is 9.50 Å². The van der Waals surface area contributed by atoms with Gasteiger partial charge < -0.3 is 14.8 Å². The number of nitrogens with zero attached hydrogens (tertiary/aromatic N) is 1. The van der Waals surface area contributed by atoms with Crippen LogP contribution in [0.3, 0.4) is 0 Å². The zero-order valence-electron chi connectivity index (χ0n) is 14.7. The van der Waals surface area contributed by atoms with E-state index in [2.05, 4.69) is 9.98 Å². The SMILES string of the molecule is Oc1[nH]c2ccc(F)cc2c1C=Nc1ccc(OCc2ccc(Cl)cc2)cc1. The largest absolute Gasteiger partial charge is 0.494 e. The van der Waals surface area contributed by atoms with Gasteiger partial charge in [-0.3, -0.25) is 4.99 Å². The number of hydrogen-bond donors (Lipinski definition) is 2. The van der Waals surface area contributed by atoms with E-state index in [1.165, 1.54) is 18.3 Å². The molecule has 0 fully saturated rings. The monoisotopic (exact) mass is 394 g/mol. The first-order chi connectivity index (χ1) is 13.6. The molecule has 0 saturated carbocycles. The first-order valence-corrected chi connectivity index (χ1v) is 8.98. The molecule has 0 bridgehead atoms. The predicted molar refractivity (Wildman–Crippen MR) is 109 cm³/mol. The van der Waals surface area contributed by atoms with Crippen molar-refractivity contribution < 1.29 is 14.2 Å². The summed E-state index contributed by atoms with van der Waals surface area (Å²) in [6.07, 6.45) is 1.51. The van der Waals surface area contributed by atoms with Gasteiger partial charge in [0.1, 0.15) is 18.2 Å². The van der Waals surface area contributed by atoms with Crippen molar-refractivity contribution in [1.29, 1.82) is 0 Å². The van der Waals surface area contributed by atoms with Crippen molar-refractivity contribution in [2.45, 2.75) is 6.61 Å². The lowest BCUT2D eigenvalue weighted by Gasteiger charge is -2.06. The number of H-pyrrole nitrogens is 1. The summed E-state index contributed by atoms with van der Waals surface area (Å²) < 4.78 is 19.2. The van der Waals surface area contributed by atoms with Crippen molar-refractivity contribution in [2.24, 2.45) is 4.99 Å². The molecule has 0 aliphatic carbocycles. The fourth-order valence-electron chi connectivity index (χ4n) is 2.82. The molecule has 1 heterocycles. The number of aromatic hydroxyl groups is 1. The lowest BCUT2D eigenvalue weighted by molar-refractivity contribution is 0.306. The average molecular weight is 395 g/mol. The Hall–Kier alpha value is -3.31. The van der Waals surface area contributed by atoms with E-state index < -0.39 is 0 Å². The molecule has 0 unspecified atom stereocenters. The van der Waals surface area contributed by atoms with Gasteiger partial charge in [0.05, 0.1) is 11.3 Å². The minimum atomic E-state index is -0.372. The van der Waals surface area contributed by atoms with Crippen LogP contribution in [0.25, 0.3) is 10.9 Å². The Labute approximate surface area is 165 Å². The molecular formula is C22H16ClFN2O2. The Morgan fingerprint density at radius 2 is 1.79 bits per heavy atom. The van der Waals surface area contributed by atoms with Crippen molar-refractivity contribution >= 4 is 34.4 Å². The molecule has 28 heavy (non-hydrogen) atoms. The van der Waals surface area contributed by atoms with Crippen molar-refractivity contribution in [2.75, 3.05) is 0 Å². The van der Waals surface area contributed by atoms with Crippen LogP contribution < -0.4 is 4.74 Å². The third kappa shape index (κ3) is 4.00. The van der Waals surface area contributed by atoms with Crippen LogP contribution >= 0.6 is 11.6 Å². The molecule has 4 aromatic rings. The molecule has 6 heteroatoms. The number of rotatable bonds is 5. The Morgan fingerprint density at radius 3 is 2.54 bits per heavy atom. The van der Waals surface area contributed by atoms with Gasteiger partial charge >= 0.3 is 0 Å². The van der Waals surface area contributed by atoms with Crippen molar-refractivity contribution in [3.05, 3.63) is 88.7 Å². The van der Waals surface area contributed by atoms with Gasteiger partial charge in [-0.1, -0.05) is 23.7 Å². The first kappa shape index (κ1) is 18.1. The number of ether oxygens (including phenoxy) is 1. The number of aromatic amines is 1. The quantitative estimate of drug-likeness (QED) is 0.408. The molecule has 140 valence electrons. The maximum atomic E-state index is 13.5. The standard InChI is InChI=1S/C22H16ClFN2O2/c23-15-3-1-14(2-4-15)13-28-18-8-6-17(7-9-18)25-12-20-19-11-16(24)5-10-21(19)26-22(20)27/h1-12,26-27H,13H2. The number of nitrogens with one attached hydrogen (secondary N) is 1. The highest BCUT2D eigenvalue weighted by Gasteiger charge is 2.09. The van der Waals surface area contributed by atoms with Gasteiger partial charge in [0.15, 0.2) is 5.88 Å². The minimum Gasteiger partial charge on any atom is -0.494 e. The van der Waals surface area contributed by atoms with E-state index in [1.54, 1.807) is 18.2 Å². The third-order valence-corrected chi connectivity index (χ3v) is 4.53. The Balaban J connectivity index is 1.46. The highest BCUT2D eigenvalue weighted by Crippen LogP contribution is 2.27. The van der Waals surface area contributed by atoms with E-state index >= 15 is 0 Å². The first-order valence-electron chi connectivity index (χ1n) is 8.60. The van der Waals surface area contributed by atoms with Gasteiger partial charge in [-0.15, -0.1) is 0 Å². The molecule has 4 nitrogen and oxygen atoms in total. The highest BCUT2D eigenvalue weighted by atomic mass is 35.5. The van der Waals surface area contributed by atoms with E-state index in [0.717, 1.165) is 5.56 Å². The lowest BCUT2D eigenvalue weighted by atomic mass is 10.2. The molecule has 0 aliphatic heterocycles. The van der Waals surface area contributed by atoms with E-state index in [-0.39, 0.29) is 11.7 Å². The number of halogens is 2. The van der Waals surface area contributed by atoms with Gasteiger partial charge in [0.2, 0.25) is 0 Å². The topological polar surface area (TPSA) is 57.6 Å². The van der Waals surface area contributed by atoms with Gasteiger partial charge in [0.25, 0.3) is 0 Å². The van der Waals surface area contributed by atoms with Crippen LogP contribution in [0.15, 0.2) is 71.7 Å². The predicted octanol–water partition coefficient (Wildman–Crippen LogP) is 6.00. The highest BCUT2D eigenvalue weighted by molar-refractivity contribution is 6.30. The van der Waals surface area contributed by atoms with Gasteiger partial charge in [-0.25, -0.2) is 4.39 Å². The zero-order valence-corrected chi connectivity index (χ0v) is 15.4. The molecular weight excluding hydrogens is 379 g/mol. The molecule has 0 atom stereocenters. The van der Waals surface area contributed by atoms with Crippen LogP contribution in [0.2, 0.25) is 5.02 Å².